The zero-order valence-electron chi connectivity index (χ0n) is 14.4. The molecular formula is C17H32N2O3S. The SMILES string of the molecule is CCCCCCCCCCCCN1C(=O)N[C@@H]2CS(=O)(=O)C[C@H]21. The summed E-state index contributed by atoms with van der Waals surface area (Å²) in [6, 6.07) is -0.396. The molecule has 2 fully saturated rings. The van der Waals surface area contributed by atoms with Crippen molar-refractivity contribution in [2.45, 2.75) is 83.2 Å². The molecule has 0 aromatic carbocycles. The average Bonchev–Trinajstić information content (AvgIpc) is 2.92. The minimum atomic E-state index is -2.97. The summed E-state index contributed by atoms with van der Waals surface area (Å²) < 4.78 is 23.3. The summed E-state index contributed by atoms with van der Waals surface area (Å²) in [6.07, 6.45) is 12.6. The first kappa shape index (κ1) is 18.6. The van der Waals surface area contributed by atoms with Gasteiger partial charge in [-0.2, -0.15) is 0 Å². The van der Waals surface area contributed by atoms with Gasteiger partial charge in [-0.25, -0.2) is 13.2 Å². The van der Waals surface area contributed by atoms with E-state index < -0.39 is 9.84 Å². The second-order valence-electron chi connectivity index (χ2n) is 7.08. The number of fused-ring (bicyclic) bond motifs is 1. The number of hydrogen-bond acceptors (Lipinski definition) is 3. The van der Waals surface area contributed by atoms with E-state index in [1.54, 1.807) is 4.90 Å². The lowest BCUT2D eigenvalue weighted by atomic mass is 10.1. The summed E-state index contributed by atoms with van der Waals surface area (Å²) in [5, 5.41) is 2.81. The molecule has 0 aromatic heterocycles. The number of sulfone groups is 1. The third-order valence-electron chi connectivity index (χ3n) is 5.05. The molecule has 23 heavy (non-hydrogen) atoms. The lowest BCUT2D eigenvalue weighted by molar-refractivity contribution is 0.205. The molecule has 1 N–H and O–H groups in total. The highest BCUT2D eigenvalue weighted by Gasteiger charge is 2.48. The Morgan fingerprint density at radius 2 is 1.52 bits per heavy atom. The first-order chi connectivity index (χ1) is 11.0. The molecule has 2 aliphatic rings. The molecule has 0 bridgehead atoms. The number of unbranched alkanes of at least 4 members (excludes halogenated alkanes) is 9. The van der Waals surface area contributed by atoms with Gasteiger partial charge in [0.2, 0.25) is 0 Å². The van der Waals surface area contributed by atoms with Crippen molar-refractivity contribution in [2.75, 3.05) is 18.1 Å². The number of nitrogens with zero attached hydrogens (tertiary/aromatic N) is 1. The molecule has 0 spiro atoms. The third-order valence-corrected chi connectivity index (χ3v) is 6.76. The summed E-state index contributed by atoms with van der Waals surface area (Å²) in [5.41, 5.74) is 0. The number of carbonyl (C=O) groups is 1. The van der Waals surface area contributed by atoms with Gasteiger partial charge in [-0.1, -0.05) is 64.7 Å². The summed E-state index contributed by atoms with van der Waals surface area (Å²) in [4.78, 5) is 13.7. The highest BCUT2D eigenvalue weighted by Crippen LogP contribution is 2.24. The maximum Gasteiger partial charge on any atom is 0.318 e. The van der Waals surface area contributed by atoms with Gasteiger partial charge in [0.25, 0.3) is 0 Å². The van der Waals surface area contributed by atoms with Crippen LogP contribution in [0.3, 0.4) is 0 Å². The van der Waals surface area contributed by atoms with Crippen molar-refractivity contribution < 1.29 is 13.2 Å². The van der Waals surface area contributed by atoms with E-state index in [0.717, 1.165) is 12.8 Å². The maximum absolute atomic E-state index is 11.9. The van der Waals surface area contributed by atoms with Crippen LogP contribution in [0, 0.1) is 0 Å². The van der Waals surface area contributed by atoms with Crippen LogP contribution in [-0.2, 0) is 9.84 Å². The highest BCUT2D eigenvalue weighted by atomic mass is 32.2. The molecule has 0 aromatic rings. The quantitative estimate of drug-likeness (QED) is 0.463. The zero-order valence-corrected chi connectivity index (χ0v) is 15.2. The van der Waals surface area contributed by atoms with Crippen LogP contribution in [0.4, 0.5) is 4.79 Å². The van der Waals surface area contributed by atoms with Crippen LogP contribution in [0.15, 0.2) is 0 Å². The van der Waals surface area contributed by atoms with Gasteiger partial charge in [-0.3, -0.25) is 0 Å². The molecule has 5 nitrogen and oxygen atoms in total. The molecule has 2 aliphatic heterocycles. The molecule has 0 saturated carbocycles. The minimum absolute atomic E-state index is 0.0779. The van der Waals surface area contributed by atoms with Gasteiger partial charge in [-0.05, 0) is 6.42 Å². The summed E-state index contributed by atoms with van der Waals surface area (Å²) in [7, 11) is -2.97. The Morgan fingerprint density at radius 1 is 0.957 bits per heavy atom. The smallest absolute Gasteiger partial charge is 0.318 e. The summed E-state index contributed by atoms with van der Waals surface area (Å²) in [5.74, 6) is 0.242. The molecule has 2 atom stereocenters. The van der Waals surface area contributed by atoms with Crippen molar-refractivity contribution >= 4 is 15.9 Å². The van der Waals surface area contributed by atoms with Gasteiger partial charge in [-0.15, -0.1) is 0 Å². The molecule has 0 unspecified atom stereocenters. The van der Waals surface area contributed by atoms with Crippen molar-refractivity contribution in [3.63, 3.8) is 0 Å². The Balaban J connectivity index is 1.53. The predicted molar refractivity (Wildman–Crippen MR) is 93.3 cm³/mol. The maximum atomic E-state index is 11.9. The standard InChI is InChI=1S/C17H32N2O3S/c1-2-3-4-5-6-7-8-9-10-11-12-19-16-14-23(21,22)13-15(16)18-17(19)20/h15-16H,2-14H2,1H3,(H,18,20)/t15-,16-/m1/s1. The van der Waals surface area contributed by atoms with Crippen molar-refractivity contribution in [3.8, 4) is 0 Å². The first-order valence-electron chi connectivity index (χ1n) is 9.31. The van der Waals surface area contributed by atoms with Crippen LogP contribution in [0.1, 0.15) is 71.1 Å². The largest absolute Gasteiger partial charge is 0.332 e. The normalized spacial score (nSPS) is 25.6. The third kappa shape index (κ3) is 5.66. The van der Waals surface area contributed by atoms with Crippen molar-refractivity contribution in [2.24, 2.45) is 0 Å². The van der Waals surface area contributed by atoms with Crippen LogP contribution in [0.2, 0.25) is 0 Å². The molecule has 2 amide bonds. The van der Waals surface area contributed by atoms with Crippen LogP contribution < -0.4 is 5.32 Å². The monoisotopic (exact) mass is 344 g/mol. The van der Waals surface area contributed by atoms with Crippen LogP contribution in [0.5, 0.6) is 0 Å². The molecular weight excluding hydrogens is 312 g/mol. The number of carbonyl (C=O) groups excluding carboxylic acids is 1. The van der Waals surface area contributed by atoms with Crippen molar-refractivity contribution in [1.29, 1.82) is 0 Å². The number of amides is 2. The number of nitrogens with one attached hydrogen (secondary N) is 1. The first-order valence-corrected chi connectivity index (χ1v) is 11.1. The van der Waals surface area contributed by atoms with Gasteiger partial charge in [0.1, 0.15) is 0 Å². The predicted octanol–water partition coefficient (Wildman–Crippen LogP) is 3.10. The Morgan fingerprint density at radius 3 is 2.13 bits per heavy atom. The van der Waals surface area contributed by atoms with Crippen LogP contribution >= 0.6 is 0 Å². The van der Waals surface area contributed by atoms with Gasteiger partial charge < -0.3 is 10.2 Å². The van der Waals surface area contributed by atoms with Crippen LogP contribution in [0.25, 0.3) is 0 Å². The molecule has 0 radical (unpaired) electrons. The van der Waals surface area contributed by atoms with E-state index in [0.29, 0.717) is 6.54 Å². The Hall–Kier alpha value is -0.780. The van der Waals surface area contributed by atoms with E-state index in [1.807, 2.05) is 0 Å². The second kappa shape index (κ2) is 8.90. The molecule has 2 saturated heterocycles. The Labute approximate surface area is 141 Å². The zero-order chi connectivity index (χ0) is 16.7. The fourth-order valence-corrected chi connectivity index (χ4v) is 5.62. The molecule has 134 valence electrons. The summed E-state index contributed by atoms with van der Waals surface area (Å²) in [6.45, 7) is 2.93. The van der Waals surface area contributed by atoms with Gasteiger partial charge >= 0.3 is 6.03 Å². The number of rotatable bonds is 11. The van der Waals surface area contributed by atoms with Crippen molar-refractivity contribution in [1.82, 2.24) is 10.2 Å². The van der Waals surface area contributed by atoms with Gasteiger partial charge in [0.15, 0.2) is 9.84 Å². The molecule has 6 heteroatoms. The van der Waals surface area contributed by atoms with Gasteiger partial charge in [0, 0.05) is 6.54 Å². The van der Waals surface area contributed by atoms with E-state index >= 15 is 0 Å². The van der Waals surface area contributed by atoms with Gasteiger partial charge in [0.05, 0.1) is 23.6 Å². The van der Waals surface area contributed by atoms with E-state index in [4.69, 9.17) is 0 Å². The second-order valence-corrected chi connectivity index (χ2v) is 9.23. The van der Waals surface area contributed by atoms with E-state index in [2.05, 4.69) is 12.2 Å². The van der Waals surface area contributed by atoms with E-state index in [1.165, 1.54) is 51.4 Å². The summed E-state index contributed by atoms with van der Waals surface area (Å²) >= 11 is 0. The molecule has 0 aliphatic carbocycles. The fourth-order valence-electron chi connectivity index (χ4n) is 3.70. The minimum Gasteiger partial charge on any atom is -0.332 e. The molecule has 2 heterocycles. The number of urea groups is 1. The number of hydrogen-bond donors (Lipinski definition) is 1. The van der Waals surface area contributed by atoms with Crippen LogP contribution in [-0.4, -0.2) is 49.5 Å². The molecule has 2 rings (SSSR count). The Bertz CT molecular complexity index is 478. The topological polar surface area (TPSA) is 66.5 Å². The lowest BCUT2D eigenvalue weighted by Crippen LogP contribution is -2.37. The Kier molecular flexibility index (Phi) is 7.18. The van der Waals surface area contributed by atoms with E-state index in [-0.39, 0.29) is 29.6 Å². The fraction of sp³-hybridized carbons (Fsp3) is 0.941. The highest BCUT2D eigenvalue weighted by molar-refractivity contribution is 7.91. The lowest BCUT2D eigenvalue weighted by Gasteiger charge is -2.21. The van der Waals surface area contributed by atoms with Crippen molar-refractivity contribution in [3.05, 3.63) is 0 Å². The van der Waals surface area contributed by atoms with E-state index in [9.17, 15) is 13.2 Å². The average molecular weight is 345 g/mol.